The molecule has 6 heteroatoms. The van der Waals surface area contributed by atoms with E-state index in [9.17, 15) is 10.1 Å². The maximum atomic E-state index is 10.7. The summed E-state index contributed by atoms with van der Waals surface area (Å²) in [6.07, 6.45) is 1.17. The minimum Gasteiger partial charge on any atom is -0.347 e. The molecule has 1 saturated heterocycles. The van der Waals surface area contributed by atoms with Gasteiger partial charge in [0.2, 0.25) is 0 Å². The number of rotatable bonds is 6. The summed E-state index contributed by atoms with van der Waals surface area (Å²) in [7, 11) is 0. The number of aliphatic imine (C=N–C) groups is 1. The normalized spacial score (nSPS) is 20.0. The monoisotopic (exact) mass is 335 g/mol. The molecule has 5 nitrogen and oxygen atoms in total. The molecule has 1 aliphatic rings. The average molecular weight is 335 g/mol. The zero-order valence-electron chi connectivity index (χ0n) is 14.2. The predicted molar refractivity (Wildman–Crippen MR) is 97.4 cm³/mol. The largest absolute Gasteiger partial charge is 0.347 e. The molecule has 1 aromatic carbocycles. The summed E-state index contributed by atoms with van der Waals surface area (Å²) in [5, 5.41) is 11.8. The van der Waals surface area contributed by atoms with Gasteiger partial charge in [-0.05, 0) is 30.4 Å². The second-order valence-corrected chi connectivity index (χ2v) is 7.80. The van der Waals surface area contributed by atoms with Gasteiger partial charge in [0.15, 0.2) is 5.17 Å². The molecular weight excluding hydrogens is 310 g/mol. The number of amidine groups is 1. The summed E-state index contributed by atoms with van der Waals surface area (Å²) in [5.74, 6) is 2.30. The Kier molecular flexibility index (Phi) is 6.04. The molecule has 1 aliphatic heterocycles. The van der Waals surface area contributed by atoms with Gasteiger partial charge in [-0.25, -0.2) is 4.99 Å². The first kappa shape index (κ1) is 17.8. The summed E-state index contributed by atoms with van der Waals surface area (Å²) in [5.41, 5.74) is 0.877. The number of benzene rings is 1. The molecule has 2 rings (SSSR count). The Labute approximate surface area is 142 Å². The molecule has 1 atom stereocenters. The standard InChI is InChI=1S/C17H25N3O2S/c1-12(2)9-16-11-23-17(19(16)10-13(3)4)18-14-5-7-15(8-6-14)20(21)22/h5-8,12-13,16H,9-11H2,1-4H3/b18-17-/t16-/m0/s1. The lowest BCUT2D eigenvalue weighted by Crippen LogP contribution is -2.37. The van der Waals surface area contributed by atoms with Gasteiger partial charge >= 0.3 is 0 Å². The van der Waals surface area contributed by atoms with Gasteiger partial charge in [-0.2, -0.15) is 0 Å². The van der Waals surface area contributed by atoms with E-state index >= 15 is 0 Å². The van der Waals surface area contributed by atoms with Crippen molar-refractivity contribution in [2.75, 3.05) is 12.3 Å². The van der Waals surface area contributed by atoms with Crippen LogP contribution in [-0.2, 0) is 0 Å². The molecule has 0 amide bonds. The van der Waals surface area contributed by atoms with Crippen molar-refractivity contribution in [1.82, 2.24) is 4.90 Å². The minimum atomic E-state index is -0.384. The Morgan fingerprint density at radius 1 is 1.26 bits per heavy atom. The van der Waals surface area contributed by atoms with Gasteiger partial charge in [0.1, 0.15) is 0 Å². The molecule has 0 saturated carbocycles. The second-order valence-electron chi connectivity index (χ2n) is 6.81. The van der Waals surface area contributed by atoms with Crippen LogP contribution in [0, 0.1) is 22.0 Å². The van der Waals surface area contributed by atoms with Gasteiger partial charge in [0.05, 0.1) is 10.6 Å². The van der Waals surface area contributed by atoms with E-state index in [1.165, 1.54) is 18.6 Å². The Morgan fingerprint density at radius 2 is 1.91 bits per heavy atom. The van der Waals surface area contributed by atoms with Crippen LogP contribution in [0.15, 0.2) is 29.3 Å². The van der Waals surface area contributed by atoms with Crippen molar-refractivity contribution in [3.05, 3.63) is 34.4 Å². The first-order chi connectivity index (χ1) is 10.9. The van der Waals surface area contributed by atoms with Crippen LogP contribution in [0.4, 0.5) is 11.4 Å². The molecular formula is C17H25N3O2S. The lowest BCUT2D eigenvalue weighted by molar-refractivity contribution is -0.384. The predicted octanol–water partition coefficient (Wildman–Crippen LogP) is 4.70. The van der Waals surface area contributed by atoms with Crippen LogP contribution in [0.25, 0.3) is 0 Å². The van der Waals surface area contributed by atoms with Crippen LogP contribution in [0.1, 0.15) is 34.1 Å². The van der Waals surface area contributed by atoms with E-state index in [-0.39, 0.29) is 10.6 Å². The second kappa shape index (κ2) is 7.81. The lowest BCUT2D eigenvalue weighted by Gasteiger charge is -2.28. The summed E-state index contributed by atoms with van der Waals surface area (Å²) in [6, 6.07) is 6.98. The average Bonchev–Trinajstić information content (AvgIpc) is 2.81. The van der Waals surface area contributed by atoms with Gasteiger partial charge in [-0.3, -0.25) is 10.1 Å². The summed E-state index contributed by atoms with van der Waals surface area (Å²) < 4.78 is 0. The Hall–Kier alpha value is -1.56. The number of nitro benzene ring substituents is 1. The molecule has 0 radical (unpaired) electrons. The number of nitrogens with zero attached hydrogens (tertiary/aromatic N) is 3. The van der Waals surface area contributed by atoms with E-state index in [4.69, 9.17) is 4.99 Å². The Morgan fingerprint density at radius 3 is 2.43 bits per heavy atom. The fourth-order valence-electron chi connectivity index (χ4n) is 2.72. The number of non-ortho nitro benzene ring substituents is 1. The van der Waals surface area contributed by atoms with Gasteiger partial charge in [-0.1, -0.05) is 39.5 Å². The maximum Gasteiger partial charge on any atom is 0.269 e. The topological polar surface area (TPSA) is 58.7 Å². The zero-order chi connectivity index (χ0) is 17.0. The van der Waals surface area contributed by atoms with E-state index < -0.39 is 0 Å². The highest BCUT2D eigenvalue weighted by molar-refractivity contribution is 8.14. The Bertz CT molecular complexity index is 570. The SMILES string of the molecule is CC(C)C[C@H]1CS/C(=N\c2ccc([N+](=O)[O-])cc2)N1CC(C)C. The van der Waals surface area contributed by atoms with Crippen LogP contribution in [0.3, 0.4) is 0 Å². The highest BCUT2D eigenvalue weighted by Crippen LogP contribution is 2.31. The van der Waals surface area contributed by atoms with E-state index in [1.54, 1.807) is 23.9 Å². The number of hydrogen-bond donors (Lipinski definition) is 0. The molecule has 0 aliphatic carbocycles. The summed E-state index contributed by atoms with van der Waals surface area (Å²) >= 11 is 1.79. The van der Waals surface area contributed by atoms with Crippen molar-refractivity contribution in [2.24, 2.45) is 16.8 Å². The quantitative estimate of drug-likeness (QED) is 0.558. The minimum absolute atomic E-state index is 0.102. The van der Waals surface area contributed by atoms with Crippen molar-refractivity contribution >= 4 is 28.3 Å². The van der Waals surface area contributed by atoms with Crippen molar-refractivity contribution in [1.29, 1.82) is 0 Å². The van der Waals surface area contributed by atoms with E-state index in [0.29, 0.717) is 17.9 Å². The maximum absolute atomic E-state index is 10.7. The third-order valence-corrected chi connectivity index (χ3v) is 4.82. The van der Waals surface area contributed by atoms with Crippen molar-refractivity contribution in [3.63, 3.8) is 0 Å². The molecule has 1 fully saturated rings. The molecule has 0 N–H and O–H groups in total. The smallest absolute Gasteiger partial charge is 0.269 e. The molecule has 23 heavy (non-hydrogen) atoms. The highest BCUT2D eigenvalue weighted by atomic mass is 32.2. The van der Waals surface area contributed by atoms with Gasteiger partial charge in [-0.15, -0.1) is 0 Å². The van der Waals surface area contributed by atoms with Crippen LogP contribution >= 0.6 is 11.8 Å². The van der Waals surface area contributed by atoms with Crippen LogP contribution < -0.4 is 0 Å². The van der Waals surface area contributed by atoms with E-state index in [2.05, 4.69) is 32.6 Å². The summed E-state index contributed by atoms with van der Waals surface area (Å²) in [4.78, 5) is 17.5. The molecule has 1 aromatic rings. The van der Waals surface area contributed by atoms with Crippen LogP contribution in [0.5, 0.6) is 0 Å². The lowest BCUT2D eigenvalue weighted by atomic mass is 10.0. The van der Waals surface area contributed by atoms with Crippen molar-refractivity contribution < 1.29 is 4.92 Å². The summed E-state index contributed by atoms with van der Waals surface area (Å²) in [6.45, 7) is 9.95. The number of thioether (sulfide) groups is 1. The first-order valence-corrected chi connectivity index (χ1v) is 9.08. The molecule has 0 bridgehead atoms. The Balaban J connectivity index is 2.19. The highest BCUT2D eigenvalue weighted by Gasteiger charge is 2.30. The van der Waals surface area contributed by atoms with Gasteiger partial charge in [0, 0.05) is 30.5 Å². The van der Waals surface area contributed by atoms with Crippen LogP contribution in [-0.4, -0.2) is 33.3 Å². The molecule has 0 spiro atoms. The van der Waals surface area contributed by atoms with Gasteiger partial charge < -0.3 is 4.90 Å². The first-order valence-electron chi connectivity index (χ1n) is 8.09. The van der Waals surface area contributed by atoms with Crippen molar-refractivity contribution in [3.8, 4) is 0 Å². The third kappa shape index (κ3) is 4.96. The molecule has 126 valence electrons. The van der Waals surface area contributed by atoms with Crippen molar-refractivity contribution in [2.45, 2.75) is 40.2 Å². The van der Waals surface area contributed by atoms with E-state index in [0.717, 1.165) is 23.2 Å². The fourth-order valence-corrected chi connectivity index (χ4v) is 3.93. The molecule has 0 aromatic heterocycles. The third-order valence-electron chi connectivity index (χ3n) is 3.68. The van der Waals surface area contributed by atoms with Crippen LogP contribution in [0.2, 0.25) is 0 Å². The number of hydrogen-bond acceptors (Lipinski definition) is 4. The van der Waals surface area contributed by atoms with Gasteiger partial charge in [0.25, 0.3) is 5.69 Å². The fraction of sp³-hybridized carbons (Fsp3) is 0.588. The zero-order valence-corrected chi connectivity index (χ0v) is 15.0. The molecule has 0 unspecified atom stereocenters. The molecule has 1 heterocycles. The van der Waals surface area contributed by atoms with E-state index in [1.807, 2.05) is 0 Å². The number of nitro groups is 1.